The van der Waals surface area contributed by atoms with E-state index in [-0.39, 0.29) is 6.42 Å². The van der Waals surface area contributed by atoms with Crippen LogP contribution in [0, 0.1) is 5.92 Å². The Kier molecular flexibility index (Phi) is 6.09. The van der Waals surface area contributed by atoms with Gasteiger partial charge in [0, 0.05) is 5.92 Å². The van der Waals surface area contributed by atoms with Crippen molar-refractivity contribution < 1.29 is 19.8 Å². The van der Waals surface area contributed by atoms with Crippen LogP contribution in [-0.2, 0) is 9.59 Å². The van der Waals surface area contributed by atoms with Gasteiger partial charge in [-0.2, -0.15) is 0 Å². The number of aliphatic carboxylic acids is 1. The second-order valence-electron chi connectivity index (χ2n) is 2.85. The Morgan fingerprint density at radius 3 is 2.38 bits per heavy atom. The topological polar surface area (TPSA) is 101 Å². The maximum absolute atomic E-state index is 11.0. The highest BCUT2D eigenvalue weighted by atomic mass is 16.4. The molecule has 0 amide bonds. The largest absolute Gasteiger partial charge is 0.481 e. The van der Waals surface area contributed by atoms with Gasteiger partial charge in [-0.15, -0.1) is 0 Å². The molecule has 0 aromatic rings. The minimum absolute atomic E-state index is 0.223. The number of carbonyl (C=O) groups excluding carboxylic acids is 1. The van der Waals surface area contributed by atoms with Crippen molar-refractivity contribution >= 4 is 11.8 Å². The molecule has 0 saturated carbocycles. The van der Waals surface area contributed by atoms with Crippen molar-refractivity contribution in [1.82, 2.24) is 0 Å². The monoisotopic (exact) mass is 189 g/mol. The van der Waals surface area contributed by atoms with Crippen LogP contribution in [-0.4, -0.2) is 35.1 Å². The first-order chi connectivity index (χ1) is 6.11. The molecule has 0 aliphatic heterocycles. The molecule has 0 rings (SSSR count). The third kappa shape index (κ3) is 5.32. The fourth-order valence-corrected chi connectivity index (χ4v) is 1.08. The van der Waals surface area contributed by atoms with Gasteiger partial charge in [0.05, 0.1) is 6.42 Å². The zero-order chi connectivity index (χ0) is 10.3. The molecule has 0 aromatic heterocycles. The Morgan fingerprint density at radius 2 is 2.00 bits per heavy atom. The maximum Gasteiger partial charge on any atom is 0.304 e. The van der Waals surface area contributed by atoms with Crippen LogP contribution in [0.5, 0.6) is 0 Å². The van der Waals surface area contributed by atoms with E-state index in [4.69, 9.17) is 15.9 Å². The van der Waals surface area contributed by atoms with Crippen LogP contribution in [0.25, 0.3) is 0 Å². The number of carboxylic acid groups (broad SMARTS) is 1. The molecule has 0 aromatic carbocycles. The Morgan fingerprint density at radius 1 is 1.38 bits per heavy atom. The van der Waals surface area contributed by atoms with Crippen molar-refractivity contribution in [3.8, 4) is 0 Å². The fraction of sp³-hybridized carbons (Fsp3) is 0.750. The van der Waals surface area contributed by atoms with Crippen molar-refractivity contribution in [3.05, 3.63) is 0 Å². The van der Waals surface area contributed by atoms with Crippen LogP contribution < -0.4 is 5.73 Å². The Hall–Kier alpha value is -0.940. The number of carbonyl (C=O) groups is 2. The predicted octanol–water partition coefficient (Wildman–Crippen LogP) is -0.622. The van der Waals surface area contributed by atoms with Crippen molar-refractivity contribution in [2.45, 2.75) is 19.3 Å². The van der Waals surface area contributed by atoms with E-state index in [1.165, 1.54) is 0 Å². The molecule has 0 fully saturated rings. The van der Waals surface area contributed by atoms with Gasteiger partial charge in [0.25, 0.3) is 0 Å². The number of nitrogens with two attached hydrogens (primary N) is 1. The Bertz CT molecular complexity index is 181. The summed E-state index contributed by atoms with van der Waals surface area (Å²) in [6, 6.07) is 0. The molecule has 1 unspecified atom stereocenters. The lowest BCUT2D eigenvalue weighted by atomic mass is 9.95. The highest BCUT2D eigenvalue weighted by Gasteiger charge is 2.19. The van der Waals surface area contributed by atoms with Gasteiger partial charge in [-0.1, -0.05) is 0 Å². The molecule has 0 aliphatic rings. The van der Waals surface area contributed by atoms with Crippen LogP contribution >= 0.6 is 0 Å². The van der Waals surface area contributed by atoms with Gasteiger partial charge in [0.2, 0.25) is 0 Å². The summed E-state index contributed by atoms with van der Waals surface area (Å²) in [6.45, 7) is -0.169. The molecule has 0 saturated heterocycles. The molecule has 13 heavy (non-hydrogen) atoms. The number of rotatable bonds is 7. The van der Waals surface area contributed by atoms with Crippen molar-refractivity contribution in [2.75, 3.05) is 13.2 Å². The summed E-state index contributed by atoms with van der Waals surface area (Å²) in [5.41, 5.74) is 5.23. The van der Waals surface area contributed by atoms with Crippen LogP contribution in [0.15, 0.2) is 0 Å². The normalized spacial score (nSPS) is 12.5. The smallest absolute Gasteiger partial charge is 0.304 e. The minimum Gasteiger partial charge on any atom is -0.481 e. The van der Waals surface area contributed by atoms with Gasteiger partial charge in [-0.05, 0) is 19.4 Å². The van der Waals surface area contributed by atoms with Gasteiger partial charge in [0.15, 0.2) is 5.78 Å². The van der Waals surface area contributed by atoms with E-state index in [1.807, 2.05) is 0 Å². The molecule has 0 spiro atoms. The zero-order valence-corrected chi connectivity index (χ0v) is 7.40. The molecular formula is C8H15NO4. The standard InChI is InChI=1S/C8H15NO4/c9-3-1-2-6(4-8(12)13)7(11)5-10/h6,10H,1-5,9H2,(H,12,13). The lowest BCUT2D eigenvalue weighted by Gasteiger charge is -2.10. The number of aliphatic hydroxyl groups excluding tert-OH is 1. The molecule has 0 bridgehead atoms. The fourth-order valence-electron chi connectivity index (χ4n) is 1.08. The number of Topliss-reactive ketones (excluding diaryl/α,β-unsaturated/α-hetero) is 1. The van der Waals surface area contributed by atoms with Crippen LogP contribution in [0.1, 0.15) is 19.3 Å². The summed E-state index contributed by atoms with van der Waals surface area (Å²) in [5, 5.41) is 17.0. The number of hydrogen-bond donors (Lipinski definition) is 3. The summed E-state index contributed by atoms with van der Waals surface area (Å²) in [6.07, 6.45) is 0.811. The third-order valence-electron chi connectivity index (χ3n) is 1.79. The van der Waals surface area contributed by atoms with Crippen LogP contribution in [0.4, 0.5) is 0 Å². The number of hydrogen-bond acceptors (Lipinski definition) is 4. The van der Waals surface area contributed by atoms with E-state index < -0.39 is 24.3 Å². The quantitative estimate of drug-likeness (QED) is 0.495. The first kappa shape index (κ1) is 12.1. The van der Waals surface area contributed by atoms with E-state index in [1.54, 1.807) is 0 Å². The number of aliphatic hydroxyl groups is 1. The number of carboxylic acids is 1. The average Bonchev–Trinajstić information content (AvgIpc) is 2.10. The second-order valence-corrected chi connectivity index (χ2v) is 2.85. The van der Waals surface area contributed by atoms with Gasteiger partial charge >= 0.3 is 5.97 Å². The lowest BCUT2D eigenvalue weighted by molar-refractivity contribution is -0.141. The van der Waals surface area contributed by atoms with E-state index in [2.05, 4.69) is 0 Å². The van der Waals surface area contributed by atoms with E-state index in [0.29, 0.717) is 19.4 Å². The molecular weight excluding hydrogens is 174 g/mol. The van der Waals surface area contributed by atoms with Gasteiger partial charge in [-0.25, -0.2) is 0 Å². The van der Waals surface area contributed by atoms with E-state index in [9.17, 15) is 9.59 Å². The van der Waals surface area contributed by atoms with E-state index >= 15 is 0 Å². The highest BCUT2D eigenvalue weighted by Crippen LogP contribution is 2.11. The molecule has 0 heterocycles. The lowest BCUT2D eigenvalue weighted by Crippen LogP contribution is -2.22. The minimum atomic E-state index is -1.02. The summed E-state index contributed by atoms with van der Waals surface area (Å²) in [7, 11) is 0. The molecule has 5 nitrogen and oxygen atoms in total. The molecule has 5 heteroatoms. The Balaban J connectivity index is 4.02. The van der Waals surface area contributed by atoms with Crippen LogP contribution in [0.2, 0.25) is 0 Å². The van der Waals surface area contributed by atoms with Gasteiger partial charge < -0.3 is 15.9 Å². The number of ketones is 1. The highest BCUT2D eigenvalue weighted by molar-refractivity contribution is 5.85. The third-order valence-corrected chi connectivity index (χ3v) is 1.79. The zero-order valence-electron chi connectivity index (χ0n) is 7.40. The molecule has 76 valence electrons. The molecule has 0 radical (unpaired) electrons. The summed E-state index contributed by atoms with van der Waals surface area (Å²) in [4.78, 5) is 21.3. The van der Waals surface area contributed by atoms with Gasteiger partial charge in [-0.3, -0.25) is 9.59 Å². The summed E-state index contributed by atoms with van der Waals surface area (Å²) >= 11 is 0. The average molecular weight is 189 g/mol. The summed E-state index contributed by atoms with van der Waals surface area (Å²) in [5.74, 6) is -2.04. The van der Waals surface area contributed by atoms with E-state index in [0.717, 1.165) is 0 Å². The first-order valence-corrected chi connectivity index (χ1v) is 4.17. The molecule has 4 N–H and O–H groups in total. The van der Waals surface area contributed by atoms with Gasteiger partial charge in [0.1, 0.15) is 6.61 Å². The van der Waals surface area contributed by atoms with Crippen molar-refractivity contribution in [2.24, 2.45) is 11.7 Å². The molecule has 0 aliphatic carbocycles. The van der Waals surface area contributed by atoms with Crippen molar-refractivity contribution in [1.29, 1.82) is 0 Å². The summed E-state index contributed by atoms with van der Waals surface area (Å²) < 4.78 is 0. The maximum atomic E-state index is 11.0. The predicted molar refractivity (Wildman–Crippen MR) is 46.1 cm³/mol. The Labute approximate surface area is 76.5 Å². The molecule has 1 atom stereocenters. The SMILES string of the molecule is NCCCC(CC(=O)O)C(=O)CO. The first-order valence-electron chi connectivity index (χ1n) is 4.17. The second kappa shape index (κ2) is 6.56. The van der Waals surface area contributed by atoms with Crippen LogP contribution in [0.3, 0.4) is 0 Å². The van der Waals surface area contributed by atoms with Crippen molar-refractivity contribution in [3.63, 3.8) is 0 Å².